The van der Waals surface area contributed by atoms with Crippen LogP contribution in [0.4, 0.5) is 4.39 Å². The number of rotatable bonds is 10. The Kier molecular flexibility index (Phi) is 8.62. The van der Waals surface area contributed by atoms with Crippen LogP contribution in [-0.4, -0.2) is 46.9 Å². The van der Waals surface area contributed by atoms with Gasteiger partial charge in [-0.05, 0) is 42.2 Å². The summed E-state index contributed by atoms with van der Waals surface area (Å²) in [6.07, 6.45) is 4.14. The predicted molar refractivity (Wildman–Crippen MR) is 135 cm³/mol. The van der Waals surface area contributed by atoms with Crippen molar-refractivity contribution < 1.29 is 18.7 Å². The molecule has 8 heteroatoms. The molecule has 2 heterocycles. The lowest BCUT2D eigenvalue weighted by Crippen LogP contribution is -2.56. The maximum Gasteiger partial charge on any atom is 0.240 e. The molecular weight excluding hydrogens is 459 g/mol. The maximum atomic E-state index is 14.4. The van der Waals surface area contributed by atoms with E-state index in [1.165, 1.54) is 19.1 Å². The summed E-state index contributed by atoms with van der Waals surface area (Å²) in [6.45, 7) is 3.55. The number of amides is 2. The third kappa shape index (κ3) is 7.36. The molecule has 2 aromatic carbocycles. The third-order valence-electron chi connectivity index (χ3n) is 6.07. The van der Waals surface area contributed by atoms with Crippen LogP contribution >= 0.6 is 0 Å². The number of nitrogens with one attached hydrogen (secondary N) is 2. The van der Waals surface area contributed by atoms with E-state index in [4.69, 9.17) is 4.74 Å². The van der Waals surface area contributed by atoms with Gasteiger partial charge < -0.3 is 20.3 Å². The number of halogens is 1. The highest BCUT2D eigenvalue weighted by Gasteiger charge is 2.31. The second-order valence-corrected chi connectivity index (χ2v) is 9.03. The quantitative estimate of drug-likeness (QED) is 0.456. The van der Waals surface area contributed by atoms with Gasteiger partial charge in [-0.3, -0.25) is 14.6 Å². The summed E-state index contributed by atoms with van der Waals surface area (Å²) in [6, 6.07) is 17.3. The van der Waals surface area contributed by atoms with Gasteiger partial charge in [-0.2, -0.15) is 0 Å². The molecule has 1 saturated heterocycles. The number of nitrogens with zero attached hydrogens (tertiary/aromatic N) is 2. The molecule has 0 saturated carbocycles. The maximum absolute atomic E-state index is 14.4. The second-order valence-electron chi connectivity index (χ2n) is 9.03. The van der Waals surface area contributed by atoms with Crippen molar-refractivity contribution in [1.82, 2.24) is 20.5 Å². The molecule has 0 spiro atoms. The molecule has 36 heavy (non-hydrogen) atoms. The molecule has 188 valence electrons. The van der Waals surface area contributed by atoms with Gasteiger partial charge in [-0.25, -0.2) is 4.39 Å². The Morgan fingerprint density at radius 2 is 1.97 bits per heavy atom. The fourth-order valence-electron chi connectivity index (χ4n) is 4.46. The Morgan fingerprint density at radius 1 is 1.17 bits per heavy atom. The van der Waals surface area contributed by atoms with Crippen LogP contribution in [0.25, 0.3) is 0 Å². The van der Waals surface area contributed by atoms with Crippen LogP contribution in [-0.2, 0) is 29.2 Å². The van der Waals surface area contributed by atoms with Crippen molar-refractivity contribution in [2.75, 3.05) is 13.1 Å². The largest absolute Gasteiger partial charge is 0.489 e. The zero-order chi connectivity index (χ0) is 25.3. The third-order valence-corrected chi connectivity index (χ3v) is 6.07. The van der Waals surface area contributed by atoms with Crippen molar-refractivity contribution >= 4 is 11.8 Å². The summed E-state index contributed by atoms with van der Waals surface area (Å²) in [7, 11) is 0. The van der Waals surface area contributed by atoms with Crippen LogP contribution < -0.4 is 15.4 Å². The van der Waals surface area contributed by atoms with Crippen LogP contribution in [0.3, 0.4) is 0 Å². The number of carbonyl (C=O) groups is 2. The van der Waals surface area contributed by atoms with E-state index in [0.717, 1.165) is 11.1 Å². The van der Waals surface area contributed by atoms with Crippen molar-refractivity contribution in [2.45, 2.75) is 45.0 Å². The first kappa shape index (κ1) is 25.3. The standard InChI is InChI=1S/C28H31FN4O3/c1-20(34)32-25(16-27-28(35)33(11-10-31-27)18-21-6-3-2-4-7-21)13-23-12-24(29)15-26(14-23)36-19-22-8-5-9-30-17-22/h2-9,12,14-15,17,25,27,31H,10-11,13,16,18-19H2,1H3,(H,32,34)/t25-,27-/m0/s1. The number of piperazine rings is 1. The zero-order valence-electron chi connectivity index (χ0n) is 20.3. The number of benzene rings is 2. The number of hydrogen-bond acceptors (Lipinski definition) is 5. The molecule has 1 fully saturated rings. The van der Waals surface area contributed by atoms with E-state index in [2.05, 4.69) is 15.6 Å². The molecule has 1 aromatic heterocycles. The molecule has 0 radical (unpaired) electrons. The van der Waals surface area contributed by atoms with E-state index in [1.54, 1.807) is 18.5 Å². The molecule has 3 aromatic rings. The number of pyridine rings is 1. The Balaban J connectivity index is 1.42. The summed E-state index contributed by atoms with van der Waals surface area (Å²) < 4.78 is 20.2. The zero-order valence-corrected chi connectivity index (χ0v) is 20.3. The average molecular weight is 491 g/mol. The van der Waals surface area contributed by atoms with Gasteiger partial charge in [-0.15, -0.1) is 0 Å². The summed E-state index contributed by atoms with van der Waals surface area (Å²) in [5.74, 6) is -0.221. The topological polar surface area (TPSA) is 83.6 Å². The van der Waals surface area contributed by atoms with E-state index < -0.39 is 11.9 Å². The van der Waals surface area contributed by atoms with Gasteiger partial charge >= 0.3 is 0 Å². The highest BCUT2D eigenvalue weighted by atomic mass is 19.1. The number of hydrogen-bond donors (Lipinski definition) is 2. The van der Waals surface area contributed by atoms with Crippen molar-refractivity contribution in [3.05, 3.63) is 95.6 Å². The molecule has 1 aliphatic heterocycles. The van der Waals surface area contributed by atoms with Gasteiger partial charge in [0.2, 0.25) is 11.8 Å². The molecule has 1 aliphatic rings. The summed E-state index contributed by atoms with van der Waals surface area (Å²) in [4.78, 5) is 31.0. The Morgan fingerprint density at radius 3 is 2.72 bits per heavy atom. The van der Waals surface area contributed by atoms with Crippen LogP contribution in [0.15, 0.2) is 73.1 Å². The van der Waals surface area contributed by atoms with E-state index >= 15 is 0 Å². The van der Waals surface area contributed by atoms with Gasteiger partial charge in [-0.1, -0.05) is 36.4 Å². The number of ether oxygens (including phenoxy) is 1. The minimum Gasteiger partial charge on any atom is -0.489 e. The Bertz CT molecular complexity index is 1160. The summed E-state index contributed by atoms with van der Waals surface area (Å²) >= 11 is 0. The first-order valence-electron chi connectivity index (χ1n) is 12.1. The Labute approximate surface area is 210 Å². The van der Waals surface area contributed by atoms with Crippen molar-refractivity contribution in [3.8, 4) is 5.75 Å². The van der Waals surface area contributed by atoms with Crippen molar-refractivity contribution in [2.24, 2.45) is 0 Å². The Hall–Kier alpha value is -3.78. The summed E-state index contributed by atoms with van der Waals surface area (Å²) in [5, 5.41) is 6.22. The van der Waals surface area contributed by atoms with E-state index in [0.29, 0.717) is 43.8 Å². The lowest BCUT2D eigenvalue weighted by molar-refractivity contribution is -0.137. The lowest BCUT2D eigenvalue weighted by atomic mass is 9.97. The van der Waals surface area contributed by atoms with E-state index in [1.807, 2.05) is 47.4 Å². The van der Waals surface area contributed by atoms with Crippen molar-refractivity contribution in [1.29, 1.82) is 0 Å². The van der Waals surface area contributed by atoms with Crippen LogP contribution in [0, 0.1) is 5.82 Å². The van der Waals surface area contributed by atoms with Gasteiger partial charge in [0.25, 0.3) is 0 Å². The SMILES string of the molecule is CC(=O)N[C@@H](Cc1cc(F)cc(OCc2cccnc2)c1)C[C@@H]1NCCN(Cc2ccccc2)C1=O. The molecule has 4 rings (SSSR count). The first-order valence-corrected chi connectivity index (χ1v) is 12.1. The highest BCUT2D eigenvalue weighted by molar-refractivity contribution is 5.83. The molecule has 0 aliphatic carbocycles. The van der Waals surface area contributed by atoms with Crippen LogP contribution in [0.5, 0.6) is 5.75 Å². The first-order chi connectivity index (χ1) is 17.5. The average Bonchev–Trinajstić information content (AvgIpc) is 2.86. The minimum atomic E-state index is -0.436. The number of aromatic nitrogens is 1. The van der Waals surface area contributed by atoms with Gasteiger partial charge in [0.05, 0.1) is 6.04 Å². The van der Waals surface area contributed by atoms with Gasteiger partial charge in [0, 0.05) is 56.6 Å². The highest BCUT2D eigenvalue weighted by Crippen LogP contribution is 2.21. The second kappa shape index (κ2) is 12.3. The molecule has 2 amide bonds. The fourth-order valence-corrected chi connectivity index (χ4v) is 4.46. The van der Waals surface area contributed by atoms with Crippen LogP contribution in [0.2, 0.25) is 0 Å². The monoisotopic (exact) mass is 490 g/mol. The molecular formula is C28H31FN4O3. The predicted octanol–water partition coefficient (Wildman–Crippen LogP) is 3.24. The minimum absolute atomic E-state index is 0.000176. The fraction of sp³-hybridized carbons (Fsp3) is 0.321. The smallest absolute Gasteiger partial charge is 0.240 e. The van der Waals surface area contributed by atoms with E-state index in [-0.39, 0.29) is 24.5 Å². The number of carbonyl (C=O) groups excluding carboxylic acids is 2. The van der Waals surface area contributed by atoms with E-state index in [9.17, 15) is 14.0 Å². The van der Waals surface area contributed by atoms with Crippen LogP contribution in [0.1, 0.15) is 30.0 Å². The summed E-state index contributed by atoms with van der Waals surface area (Å²) in [5.41, 5.74) is 2.63. The molecule has 2 atom stereocenters. The molecule has 0 bridgehead atoms. The molecule has 7 nitrogen and oxygen atoms in total. The van der Waals surface area contributed by atoms with Crippen molar-refractivity contribution in [3.63, 3.8) is 0 Å². The molecule has 2 N–H and O–H groups in total. The van der Waals surface area contributed by atoms with Gasteiger partial charge in [0.15, 0.2) is 0 Å². The van der Waals surface area contributed by atoms with Gasteiger partial charge in [0.1, 0.15) is 18.2 Å². The normalized spacial score (nSPS) is 16.4. The molecule has 0 unspecified atom stereocenters. The lowest BCUT2D eigenvalue weighted by Gasteiger charge is -2.35.